The third-order valence-corrected chi connectivity index (χ3v) is 8.91. The number of nitrogens with zero attached hydrogens (tertiary/aromatic N) is 1. The largest absolute Gasteiger partial charge is 0.339 e. The summed E-state index contributed by atoms with van der Waals surface area (Å²) in [6, 6.07) is 35.5. The summed E-state index contributed by atoms with van der Waals surface area (Å²) in [6.07, 6.45) is 4.28. The van der Waals surface area contributed by atoms with Crippen molar-refractivity contribution in [1.82, 2.24) is 0 Å². The van der Waals surface area contributed by atoms with Gasteiger partial charge in [-0.3, -0.25) is 0 Å². The Balaban J connectivity index is 1.67. The fourth-order valence-corrected chi connectivity index (χ4v) is 7.08. The second-order valence-electron chi connectivity index (χ2n) is 8.34. The Hall–Kier alpha value is -3.34. The van der Waals surface area contributed by atoms with E-state index in [4.69, 9.17) is 11.6 Å². The molecule has 5 rings (SSSR count). The van der Waals surface area contributed by atoms with E-state index in [-0.39, 0.29) is 6.04 Å². The van der Waals surface area contributed by atoms with Gasteiger partial charge < -0.3 is 4.90 Å². The topological polar surface area (TPSA) is 37.1 Å². The van der Waals surface area contributed by atoms with Crippen LogP contribution in [0.25, 0.3) is 6.08 Å². The van der Waals surface area contributed by atoms with Gasteiger partial charge >= 0.3 is 0 Å². The average Bonchev–Trinajstić information content (AvgIpc) is 3.56. The number of benzene rings is 4. The second-order valence-corrected chi connectivity index (χ2v) is 11.0. The van der Waals surface area contributed by atoms with Crippen LogP contribution in [-0.4, -0.2) is 13.3 Å². The number of sulfone groups is 1. The van der Waals surface area contributed by atoms with Crippen molar-refractivity contribution in [2.75, 3.05) is 4.90 Å². The summed E-state index contributed by atoms with van der Waals surface area (Å²) in [5.41, 5.74) is 2.77. The van der Waals surface area contributed by atoms with Crippen molar-refractivity contribution >= 4 is 33.2 Å². The first-order chi connectivity index (χ1) is 16.5. The lowest BCUT2D eigenvalue weighted by Crippen LogP contribution is -2.30. The van der Waals surface area contributed by atoms with E-state index in [0.29, 0.717) is 16.3 Å². The van der Waals surface area contributed by atoms with Crippen LogP contribution in [0.2, 0.25) is 5.02 Å². The summed E-state index contributed by atoms with van der Waals surface area (Å²) >= 11 is 6.34. The molecule has 2 atom stereocenters. The molecule has 34 heavy (non-hydrogen) atoms. The minimum absolute atomic E-state index is 0.313. The Morgan fingerprint density at radius 3 is 2.06 bits per heavy atom. The first-order valence-electron chi connectivity index (χ1n) is 11.2. The van der Waals surface area contributed by atoms with Gasteiger partial charge in [0.05, 0.1) is 10.9 Å². The third kappa shape index (κ3) is 3.93. The fraction of sp³-hybridized carbons (Fsp3) is 0.103. The van der Waals surface area contributed by atoms with Crippen LogP contribution in [0.3, 0.4) is 0 Å². The van der Waals surface area contributed by atoms with Crippen LogP contribution < -0.4 is 4.90 Å². The first kappa shape index (κ1) is 22.5. The SMILES string of the molecule is O=S(=O)(c1ccccc1)C1(C/C=C/c2ccccc2)C(c2cccc(Cl)c2)N1c1ccccc1. The molecule has 0 saturated carbocycles. The maximum atomic E-state index is 14.3. The van der Waals surface area contributed by atoms with Gasteiger partial charge in [0.2, 0.25) is 9.84 Å². The first-order valence-corrected chi connectivity index (χ1v) is 13.0. The number of hydrogen-bond donors (Lipinski definition) is 0. The third-order valence-electron chi connectivity index (χ3n) is 6.26. The molecular weight excluding hydrogens is 462 g/mol. The quantitative estimate of drug-likeness (QED) is 0.260. The van der Waals surface area contributed by atoms with Crippen LogP contribution >= 0.6 is 11.6 Å². The van der Waals surface area contributed by atoms with Gasteiger partial charge in [-0.1, -0.05) is 103 Å². The van der Waals surface area contributed by atoms with E-state index >= 15 is 0 Å². The van der Waals surface area contributed by atoms with Gasteiger partial charge in [0.25, 0.3) is 0 Å². The van der Waals surface area contributed by atoms with Gasteiger partial charge in [0, 0.05) is 17.1 Å². The van der Waals surface area contributed by atoms with Crippen LogP contribution in [0.4, 0.5) is 5.69 Å². The van der Waals surface area contributed by atoms with E-state index in [1.54, 1.807) is 24.3 Å². The van der Waals surface area contributed by atoms with Crippen molar-refractivity contribution in [2.45, 2.75) is 22.2 Å². The molecule has 1 aliphatic heterocycles. The van der Waals surface area contributed by atoms with Gasteiger partial charge in [0.15, 0.2) is 4.87 Å². The predicted octanol–water partition coefficient (Wildman–Crippen LogP) is 7.18. The summed E-state index contributed by atoms with van der Waals surface area (Å²) in [4.78, 5) is 1.15. The minimum atomic E-state index is -3.76. The van der Waals surface area contributed by atoms with E-state index in [1.165, 1.54) is 0 Å². The Labute approximate surface area is 205 Å². The highest BCUT2D eigenvalue weighted by Crippen LogP contribution is 2.62. The molecule has 4 aromatic carbocycles. The minimum Gasteiger partial charge on any atom is -0.339 e. The Morgan fingerprint density at radius 1 is 0.794 bits per heavy atom. The molecule has 0 radical (unpaired) electrons. The average molecular weight is 486 g/mol. The molecular formula is C29H24ClNO2S. The summed E-state index contributed by atoms with van der Waals surface area (Å²) in [5, 5.41) is 0.586. The summed E-state index contributed by atoms with van der Waals surface area (Å²) < 4.78 is 28.6. The zero-order valence-corrected chi connectivity index (χ0v) is 20.0. The number of anilines is 1. The van der Waals surface area contributed by atoms with Crippen LogP contribution in [-0.2, 0) is 9.84 Å². The molecule has 0 amide bonds. The lowest BCUT2D eigenvalue weighted by Gasteiger charge is -2.18. The Morgan fingerprint density at radius 2 is 1.41 bits per heavy atom. The summed E-state index contributed by atoms with van der Waals surface area (Å²) in [6.45, 7) is 0. The molecule has 0 bridgehead atoms. The molecule has 2 unspecified atom stereocenters. The van der Waals surface area contributed by atoms with Crippen molar-refractivity contribution < 1.29 is 8.42 Å². The molecule has 1 fully saturated rings. The number of para-hydroxylation sites is 1. The van der Waals surface area contributed by atoms with Crippen molar-refractivity contribution in [3.63, 3.8) is 0 Å². The zero-order valence-electron chi connectivity index (χ0n) is 18.5. The number of halogens is 1. The van der Waals surface area contributed by atoms with E-state index in [1.807, 2.05) is 108 Å². The van der Waals surface area contributed by atoms with E-state index in [0.717, 1.165) is 16.8 Å². The maximum absolute atomic E-state index is 14.3. The van der Waals surface area contributed by atoms with Gasteiger partial charge in [-0.05, 0) is 47.5 Å². The van der Waals surface area contributed by atoms with Crippen LogP contribution in [0, 0.1) is 0 Å². The van der Waals surface area contributed by atoms with Crippen molar-refractivity contribution in [3.05, 3.63) is 137 Å². The summed E-state index contributed by atoms with van der Waals surface area (Å²) in [7, 11) is -3.76. The fourth-order valence-electron chi connectivity index (χ4n) is 4.68. The molecule has 0 aromatic heterocycles. The highest BCUT2D eigenvalue weighted by atomic mass is 35.5. The lowest BCUT2D eigenvalue weighted by molar-refractivity contribution is 0.574. The monoisotopic (exact) mass is 485 g/mol. The standard InChI is InChI=1S/C29H24ClNO2S/c30-25-16-10-15-24(22-25)28-29(31(28)26-17-6-2-7-18-26,21-11-14-23-12-4-1-5-13-23)34(32,33)27-19-8-3-9-20-27/h1-20,22,28H,21H2/b14-11+. The van der Waals surface area contributed by atoms with Crippen LogP contribution in [0.1, 0.15) is 23.6 Å². The highest BCUT2D eigenvalue weighted by molar-refractivity contribution is 7.93. The molecule has 0 spiro atoms. The van der Waals surface area contributed by atoms with Gasteiger partial charge in [-0.25, -0.2) is 8.42 Å². The van der Waals surface area contributed by atoms with E-state index in [9.17, 15) is 8.42 Å². The molecule has 4 aromatic rings. The van der Waals surface area contributed by atoms with Gasteiger partial charge in [-0.15, -0.1) is 0 Å². The molecule has 0 N–H and O–H groups in total. The predicted molar refractivity (Wildman–Crippen MR) is 140 cm³/mol. The van der Waals surface area contributed by atoms with Crippen molar-refractivity contribution in [3.8, 4) is 0 Å². The van der Waals surface area contributed by atoms with Gasteiger partial charge in [0.1, 0.15) is 0 Å². The highest BCUT2D eigenvalue weighted by Gasteiger charge is 2.71. The molecule has 170 valence electrons. The lowest BCUT2D eigenvalue weighted by atomic mass is 10.1. The van der Waals surface area contributed by atoms with Crippen LogP contribution in [0.5, 0.6) is 0 Å². The number of hydrogen-bond acceptors (Lipinski definition) is 3. The molecule has 5 heteroatoms. The summed E-state index contributed by atoms with van der Waals surface area (Å²) in [5.74, 6) is 0. The van der Waals surface area contributed by atoms with E-state index in [2.05, 4.69) is 0 Å². The smallest absolute Gasteiger partial charge is 0.205 e. The molecule has 3 nitrogen and oxygen atoms in total. The number of rotatable bonds is 7. The maximum Gasteiger partial charge on any atom is 0.205 e. The molecule has 0 aliphatic carbocycles. The molecule has 1 heterocycles. The Bertz CT molecular complexity index is 1410. The zero-order chi connectivity index (χ0) is 23.6. The van der Waals surface area contributed by atoms with E-state index < -0.39 is 14.7 Å². The van der Waals surface area contributed by atoms with Crippen LogP contribution in [0.15, 0.2) is 126 Å². The molecule has 1 saturated heterocycles. The van der Waals surface area contributed by atoms with Gasteiger partial charge in [-0.2, -0.15) is 0 Å². The normalized spacial score (nSPS) is 19.9. The van der Waals surface area contributed by atoms with Crippen molar-refractivity contribution in [2.24, 2.45) is 0 Å². The molecule has 1 aliphatic rings. The Kier molecular flexibility index (Phi) is 6.03. The van der Waals surface area contributed by atoms with Crippen molar-refractivity contribution in [1.29, 1.82) is 0 Å². The second kappa shape index (κ2) is 9.13.